The van der Waals surface area contributed by atoms with Gasteiger partial charge < -0.3 is 10.6 Å². The lowest BCUT2D eigenvalue weighted by molar-refractivity contribution is 0.239. The number of carbonyl (C=O) groups is 1. The fraction of sp³-hybridized carbons (Fsp3) is 0.118. The van der Waals surface area contributed by atoms with Gasteiger partial charge in [-0.2, -0.15) is 5.26 Å². The third-order valence-electron chi connectivity index (χ3n) is 3.69. The van der Waals surface area contributed by atoms with Crippen LogP contribution in [0.25, 0.3) is 11.1 Å². The number of hydrogen-bond donors (Lipinski definition) is 2. The minimum Gasteiger partial charge on any atom is -0.326 e. The number of aromatic nitrogens is 1. The molecule has 1 aromatic heterocycles. The summed E-state index contributed by atoms with van der Waals surface area (Å²) >= 11 is 0. The fourth-order valence-corrected chi connectivity index (χ4v) is 2.56. The van der Waals surface area contributed by atoms with Crippen LogP contribution in [-0.4, -0.2) is 11.0 Å². The molecule has 1 aliphatic heterocycles. The number of rotatable bonds is 2. The lowest BCUT2D eigenvalue weighted by atomic mass is 9.93. The maximum Gasteiger partial charge on any atom is 0.319 e. The van der Waals surface area contributed by atoms with Crippen molar-refractivity contribution in [2.24, 2.45) is 0 Å². The SMILES string of the molecule is CC1=C(C#N)C(c2ccc(F)c(-c3cccnc3)c2)NC(=O)N1. The van der Waals surface area contributed by atoms with Gasteiger partial charge in [-0.1, -0.05) is 12.1 Å². The van der Waals surface area contributed by atoms with Crippen LogP contribution >= 0.6 is 0 Å². The first kappa shape index (κ1) is 14.7. The molecule has 114 valence electrons. The maximum atomic E-state index is 14.2. The molecule has 0 saturated carbocycles. The summed E-state index contributed by atoms with van der Waals surface area (Å²) in [6.07, 6.45) is 3.17. The topological polar surface area (TPSA) is 77.8 Å². The number of urea groups is 1. The first-order chi connectivity index (χ1) is 11.1. The molecule has 1 unspecified atom stereocenters. The van der Waals surface area contributed by atoms with Gasteiger partial charge in [0.15, 0.2) is 0 Å². The number of hydrogen-bond acceptors (Lipinski definition) is 3. The highest BCUT2D eigenvalue weighted by molar-refractivity contribution is 5.79. The van der Waals surface area contributed by atoms with E-state index < -0.39 is 12.1 Å². The zero-order valence-corrected chi connectivity index (χ0v) is 12.3. The molecule has 3 rings (SSSR count). The molecule has 0 radical (unpaired) electrons. The monoisotopic (exact) mass is 308 g/mol. The molecule has 6 heteroatoms. The largest absolute Gasteiger partial charge is 0.326 e. The summed E-state index contributed by atoms with van der Waals surface area (Å²) in [5.41, 5.74) is 2.53. The molecule has 2 N–H and O–H groups in total. The van der Waals surface area contributed by atoms with Crippen LogP contribution in [0.1, 0.15) is 18.5 Å². The first-order valence-corrected chi connectivity index (χ1v) is 6.98. The van der Waals surface area contributed by atoms with Crippen LogP contribution in [0.5, 0.6) is 0 Å². The molecule has 2 heterocycles. The van der Waals surface area contributed by atoms with Gasteiger partial charge >= 0.3 is 6.03 Å². The molecule has 0 saturated heterocycles. The normalized spacial score (nSPS) is 17.3. The van der Waals surface area contributed by atoms with Gasteiger partial charge in [0.25, 0.3) is 0 Å². The van der Waals surface area contributed by atoms with Gasteiger partial charge in [-0.25, -0.2) is 9.18 Å². The Morgan fingerprint density at radius 3 is 2.87 bits per heavy atom. The molecule has 5 nitrogen and oxygen atoms in total. The molecule has 0 fully saturated rings. The Morgan fingerprint density at radius 2 is 2.17 bits per heavy atom. The number of nitrogens with one attached hydrogen (secondary N) is 2. The third kappa shape index (κ3) is 2.77. The number of halogens is 1. The number of carbonyl (C=O) groups excluding carboxylic acids is 1. The van der Waals surface area contributed by atoms with Gasteiger partial charge in [-0.15, -0.1) is 0 Å². The maximum absolute atomic E-state index is 14.2. The van der Waals surface area contributed by atoms with E-state index in [0.29, 0.717) is 28.0 Å². The summed E-state index contributed by atoms with van der Waals surface area (Å²) in [4.78, 5) is 15.7. The van der Waals surface area contributed by atoms with Crippen molar-refractivity contribution in [2.75, 3.05) is 0 Å². The Bertz CT molecular complexity index is 839. The fourth-order valence-electron chi connectivity index (χ4n) is 2.56. The van der Waals surface area contributed by atoms with E-state index in [-0.39, 0.29) is 5.82 Å². The Labute approximate surface area is 132 Å². The molecule has 23 heavy (non-hydrogen) atoms. The van der Waals surface area contributed by atoms with E-state index in [4.69, 9.17) is 0 Å². The second-order valence-electron chi connectivity index (χ2n) is 5.16. The summed E-state index contributed by atoms with van der Waals surface area (Å²) in [6, 6.07) is 9.10. The van der Waals surface area contributed by atoms with Crippen molar-refractivity contribution in [3.63, 3.8) is 0 Å². The van der Waals surface area contributed by atoms with Crippen molar-refractivity contribution in [3.05, 3.63) is 65.4 Å². The molecule has 1 aromatic carbocycles. The Balaban J connectivity index is 2.10. The number of amides is 2. The number of pyridine rings is 1. The van der Waals surface area contributed by atoms with Gasteiger partial charge in [-0.3, -0.25) is 4.98 Å². The van der Waals surface area contributed by atoms with E-state index in [9.17, 15) is 14.4 Å². The van der Waals surface area contributed by atoms with E-state index in [0.717, 1.165) is 0 Å². The van der Waals surface area contributed by atoms with Crippen molar-refractivity contribution in [2.45, 2.75) is 13.0 Å². The van der Waals surface area contributed by atoms with Crippen LogP contribution in [-0.2, 0) is 0 Å². The molecule has 2 aromatic rings. The molecule has 0 spiro atoms. The Morgan fingerprint density at radius 1 is 1.35 bits per heavy atom. The van der Waals surface area contributed by atoms with Crippen LogP contribution in [0.2, 0.25) is 0 Å². The Hall–Kier alpha value is -3.20. The minimum absolute atomic E-state index is 0.373. The van der Waals surface area contributed by atoms with Crippen molar-refractivity contribution < 1.29 is 9.18 Å². The molecule has 1 atom stereocenters. The number of allylic oxidation sites excluding steroid dienone is 1. The molecular formula is C17H13FN4O. The second-order valence-corrected chi connectivity index (χ2v) is 5.16. The van der Waals surface area contributed by atoms with Gasteiger partial charge in [0.05, 0.1) is 17.7 Å². The molecular weight excluding hydrogens is 295 g/mol. The quantitative estimate of drug-likeness (QED) is 0.895. The summed E-state index contributed by atoms with van der Waals surface area (Å²) < 4.78 is 14.2. The average Bonchev–Trinajstić information content (AvgIpc) is 2.55. The predicted molar refractivity (Wildman–Crippen MR) is 82.4 cm³/mol. The van der Waals surface area contributed by atoms with Crippen molar-refractivity contribution in [3.8, 4) is 17.2 Å². The number of nitriles is 1. The molecule has 0 bridgehead atoms. The van der Waals surface area contributed by atoms with E-state index in [2.05, 4.69) is 21.7 Å². The van der Waals surface area contributed by atoms with Crippen LogP contribution < -0.4 is 10.6 Å². The third-order valence-corrected chi connectivity index (χ3v) is 3.69. The van der Waals surface area contributed by atoms with Gasteiger partial charge in [0.1, 0.15) is 5.82 Å². The average molecular weight is 308 g/mol. The minimum atomic E-state index is -0.607. The Kier molecular flexibility index (Phi) is 3.77. The number of nitrogens with zero attached hydrogens (tertiary/aromatic N) is 2. The van der Waals surface area contributed by atoms with Crippen LogP contribution in [0.3, 0.4) is 0 Å². The highest BCUT2D eigenvalue weighted by Crippen LogP contribution is 2.30. The lowest BCUT2D eigenvalue weighted by Gasteiger charge is -2.26. The van der Waals surface area contributed by atoms with Crippen LogP contribution in [0, 0.1) is 17.1 Å². The molecule has 0 aliphatic carbocycles. The predicted octanol–water partition coefficient (Wildman–Crippen LogP) is 3.04. The van der Waals surface area contributed by atoms with Crippen molar-refractivity contribution in [1.29, 1.82) is 5.26 Å². The van der Waals surface area contributed by atoms with E-state index in [1.807, 2.05) is 0 Å². The highest BCUT2D eigenvalue weighted by Gasteiger charge is 2.27. The van der Waals surface area contributed by atoms with Crippen LogP contribution in [0.4, 0.5) is 9.18 Å². The van der Waals surface area contributed by atoms with Crippen molar-refractivity contribution in [1.82, 2.24) is 15.6 Å². The highest BCUT2D eigenvalue weighted by atomic mass is 19.1. The smallest absolute Gasteiger partial charge is 0.319 e. The second kappa shape index (κ2) is 5.89. The van der Waals surface area contributed by atoms with Crippen molar-refractivity contribution >= 4 is 6.03 Å². The molecule has 2 amide bonds. The van der Waals surface area contributed by atoms with Gasteiger partial charge in [0.2, 0.25) is 0 Å². The summed E-state index contributed by atoms with van der Waals surface area (Å²) in [5, 5.41) is 14.6. The van der Waals surface area contributed by atoms with E-state index in [1.54, 1.807) is 43.6 Å². The van der Waals surface area contributed by atoms with Crippen LogP contribution in [0.15, 0.2) is 54.0 Å². The zero-order chi connectivity index (χ0) is 16.4. The summed E-state index contributed by atoms with van der Waals surface area (Å²) in [5.74, 6) is -0.388. The van der Waals surface area contributed by atoms with E-state index >= 15 is 0 Å². The lowest BCUT2D eigenvalue weighted by Crippen LogP contribution is -2.43. The first-order valence-electron chi connectivity index (χ1n) is 6.98. The number of benzene rings is 1. The zero-order valence-electron chi connectivity index (χ0n) is 12.3. The summed E-state index contributed by atoms with van der Waals surface area (Å²) in [7, 11) is 0. The standard InChI is InChI=1S/C17H13FN4O/c1-10-14(8-19)16(22-17(23)21-10)11-4-5-15(18)13(7-11)12-3-2-6-20-9-12/h2-7,9,16H,1H3,(H2,21,22,23). The molecule has 1 aliphatic rings. The van der Waals surface area contributed by atoms with Gasteiger partial charge in [0, 0.05) is 29.2 Å². The van der Waals surface area contributed by atoms with Gasteiger partial charge in [-0.05, 0) is 30.7 Å². The van der Waals surface area contributed by atoms with E-state index in [1.165, 1.54) is 6.07 Å². The summed E-state index contributed by atoms with van der Waals surface area (Å²) in [6.45, 7) is 1.66.